The molecule has 0 atom stereocenters. The fraction of sp³-hybridized carbons (Fsp3) is 0.154. The molecular formula is C13H12BrFN4O. The molecule has 20 heavy (non-hydrogen) atoms. The van der Waals surface area contributed by atoms with Crippen LogP contribution in [0.15, 0.2) is 35.1 Å². The zero-order valence-electron chi connectivity index (χ0n) is 10.7. The van der Waals surface area contributed by atoms with Crippen LogP contribution in [0, 0.1) is 5.82 Å². The Morgan fingerprint density at radius 2 is 2.20 bits per heavy atom. The van der Waals surface area contributed by atoms with E-state index in [0.717, 1.165) is 12.3 Å². The maximum absolute atomic E-state index is 13.3. The summed E-state index contributed by atoms with van der Waals surface area (Å²) >= 11 is 3.28. The van der Waals surface area contributed by atoms with Crippen molar-refractivity contribution in [3.05, 3.63) is 46.4 Å². The van der Waals surface area contributed by atoms with Gasteiger partial charge in [0.15, 0.2) is 0 Å². The standard InChI is InChI=1S/C13H12BrFN4O/c1-2-16-11-9(6-8(15)7-18-11)13(20)19-12-10(14)4-3-5-17-12/h3-7H,2H2,1H3,(H,16,18)(H,17,19,20). The van der Waals surface area contributed by atoms with Gasteiger partial charge in [0.05, 0.1) is 16.2 Å². The average Bonchev–Trinajstić information content (AvgIpc) is 2.43. The Bertz CT molecular complexity index is 636. The summed E-state index contributed by atoms with van der Waals surface area (Å²) in [5, 5.41) is 5.52. The number of amides is 1. The number of nitrogens with one attached hydrogen (secondary N) is 2. The predicted octanol–water partition coefficient (Wildman–Crippen LogP) is 3.06. The lowest BCUT2D eigenvalue weighted by Gasteiger charge is -2.10. The molecule has 0 aliphatic rings. The van der Waals surface area contributed by atoms with Gasteiger partial charge in [0, 0.05) is 12.7 Å². The smallest absolute Gasteiger partial charge is 0.260 e. The summed E-state index contributed by atoms with van der Waals surface area (Å²) in [6.07, 6.45) is 2.61. The van der Waals surface area contributed by atoms with E-state index in [1.54, 1.807) is 18.3 Å². The van der Waals surface area contributed by atoms with Gasteiger partial charge in [-0.25, -0.2) is 14.4 Å². The van der Waals surface area contributed by atoms with Gasteiger partial charge in [-0.15, -0.1) is 0 Å². The highest BCUT2D eigenvalue weighted by molar-refractivity contribution is 9.10. The van der Waals surface area contributed by atoms with Crippen molar-refractivity contribution in [2.45, 2.75) is 6.92 Å². The second kappa shape index (κ2) is 6.42. The number of rotatable bonds is 4. The summed E-state index contributed by atoms with van der Waals surface area (Å²) in [6.45, 7) is 2.44. The third-order valence-corrected chi connectivity index (χ3v) is 3.07. The van der Waals surface area contributed by atoms with Gasteiger partial charge in [-0.05, 0) is 41.1 Å². The molecule has 0 aliphatic heterocycles. The van der Waals surface area contributed by atoms with Crippen LogP contribution in [0.3, 0.4) is 0 Å². The van der Waals surface area contributed by atoms with E-state index in [4.69, 9.17) is 0 Å². The van der Waals surface area contributed by atoms with Crippen molar-refractivity contribution in [1.82, 2.24) is 9.97 Å². The van der Waals surface area contributed by atoms with Crippen molar-refractivity contribution < 1.29 is 9.18 Å². The molecule has 2 heterocycles. The molecule has 0 bridgehead atoms. The largest absolute Gasteiger partial charge is 0.370 e. The minimum absolute atomic E-state index is 0.129. The molecule has 0 spiro atoms. The highest BCUT2D eigenvalue weighted by Crippen LogP contribution is 2.21. The number of pyridine rings is 2. The highest BCUT2D eigenvalue weighted by Gasteiger charge is 2.15. The first kappa shape index (κ1) is 14.4. The molecule has 2 aromatic heterocycles. The molecule has 5 nitrogen and oxygen atoms in total. The molecule has 0 saturated carbocycles. The van der Waals surface area contributed by atoms with Crippen LogP contribution in [-0.2, 0) is 0 Å². The van der Waals surface area contributed by atoms with Gasteiger partial charge in [-0.1, -0.05) is 0 Å². The molecule has 0 unspecified atom stereocenters. The fourth-order valence-corrected chi connectivity index (χ4v) is 1.93. The Morgan fingerprint density at radius 1 is 1.40 bits per heavy atom. The molecular weight excluding hydrogens is 327 g/mol. The van der Waals surface area contributed by atoms with Crippen LogP contribution in [0.4, 0.5) is 16.0 Å². The molecule has 1 amide bonds. The zero-order chi connectivity index (χ0) is 14.5. The van der Waals surface area contributed by atoms with Crippen LogP contribution in [0.25, 0.3) is 0 Å². The molecule has 2 rings (SSSR count). The average molecular weight is 339 g/mol. The number of anilines is 2. The van der Waals surface area contributed by atoms with Crippen molar-refractivity contribution in [2.75, 3.05) is 17.2 Å². The lowest BCUT2D eigenvalue weighted by Crippen LogP contribution is -2.17. The minimum atomic E-state index is -0.572. The van der Waals surface area contributed by atoms with Gasteiger partial charge < -0.3 is 10.6 Å². The Morgan fingerprint density at radius 3 is 2.90 bits per heavy atom. The summed E-state index contributed by atoms with van der Waals surface area (Å²) in [4.78, 5) is 20.1. The molecule has 7 heteroatoms. The molecule has 0 aliphatic carbocycles. The van der Waals surface area contributed by atoms with Crippen LogP contribution in [0.5, 0.6) is 0 Å². The number of halogens is 2. The number of nitrogens with zero attached hydrogens (tertiary/aromatic N) is 2. The topological polar surface area (TPSA) is 66.9 Å². The number of carbonyl (C=O) groups is 1. The Hall–Kier alpha value is -2.02. The number of hydrogen-bond acceptors (Lipinski definition) is 4. The third kappa shape index (κ3) is 3.30. The van der Waals surface area contributed by atoms with E-state index in [-0.39, 0.29) is 5.56 Å². The molecule has 0 radical (unpaired) electrons. The first-order chi connectivity index (χ1) is 9.61. The maximum atomic E-state index is 13.3. The van der Waals surface area contributed by atoms with E-state index < -0.39 is 11.7 Å². The SMILES string of the molecule is CCNc1ncc(F)cc1C(=O)Nc1ncccc1Br. The predicted molar refractivity (Wildman–Crippen MR) is 78.2 cm³/mol. The maximum Gasteiger partial charge on any atom is 0.260 e. The third-order valence-electron chi connectivity index (χ3n) is 2.43. The van der Waals surface area contributed by atoms with Crippen LogP contribution in [0.2, 0.25) is 0 Å². The number of carbonyl (C=O) groups excluding carboxylic acids is 1. The number of aromatic nitrogens is 2. The van der Waals surface area contributed by atoms with E-state index >= 15 is 0 Å². The van der Waals surface area contributed by atoms with Gasteiger partial charge in [0.1, 0.15) is 17.5 Å². The lowest BCUT2D eigenvalue weighted by atomic mass is 10.2. The lowest BCUT2D eigenvalue weighted by molar-refractivity contribution is 0.102. The Labute approximate surface area is 123 Å². The quantitative estimate of drug-likeness (QED) is 0.898. The second-order valence-electron chi connectivity index (χ2n) is 3.87. The van der Waals surface area contributed by atoms with Crippen molar-refractivity contribution in [2.24, 2.45) is 0 Å². The molecule has 0 saturated heterocycles. The van der Waals surface area contributed by atoms with Crippen molar-refractivity contribution in [3.63, 3.8) is 0 Å². The normalized spacial score (nSPS) is 10.2. The van der Waals surface area contributed by atoms with Crippen molar-refractivity contribution in [3.8, 4) is 0 Å². The first-order valence-electron chi connectivity index (χ1n) is 5.93. The Balaban J connectivity index is 2.29. The monoisotopic (exact) mass is 338 g/mol. The summed E-state index contributed by atoms with van der Waals surface area (Å²) in [6, 6.07) is 4.61. The molecule has 0 fully saturated rings. The second-order valence-corrected chi connectivity index (χ2v) is 4.72. The fourth-order valence-electron chi connectivity index (χ4n) is 1.57. The van der Waals surface area contributed by atoms with E-state index in [1.807, 2.05) is 6.92 Å². The zero-order valence-corrected chi connectivity index (χ0v) is 12.2. The Kier molecular flexibility index (Phi) is 4.62. The van der Waals surface area contributed by atoms with Gasteiger partial charge in [0.2, 0.25) is 0 Å². The van der Waals surface area contributed by atoms with Crippen LogP contribution in [0.1, 0.15) is 17.3 Å². The van der Waals surface area contributed by atoms with Crippen molar-refractivity contribution >= 4 is 33.5 Å². The van der Waals surface area contributed by atoms with Crippen LogP contribution < -0.4 is 10.6 Å². The summed E-state index contributed by atoms with van der Waals surface area (Å²) in [5.74, 6) is -0.355. The summed E-state index contributed by atoms with van der Waals surface area (Å²) in [5.41, 5.74) is 0.129. The van der Waals surface area contributed by atoms with Gasteiger partial charge in [-0.3, -0.25) is 4.79 Å². The van der Waals surface area contributed by atoms with E-state index in [2.05, 4.69) is 36.5 Å². The van der Waals surface area contributed by atoms with Gasteiger partial charge in [0.25, 0.3) is 5.91 Å². The highest BCUT2D eigenvalue weighted by atomic mass is 79.9. The summed E-state index contributed by atoms with van der Waals surface area (Å²) < 4.78 is 13.9. The molecule has 2 aromatic rings. The van der Waals surface area contributed by atoms with Crippen molar-refractivity contribution in [1.29, 1.82) is 0 Å². The van der Waals surface area contributed by atoms with E-state index in [0.29, 0.717) is 22.7 Å². The molecule has 0 aromatic carbocycles. The van der Waals surface area contributed by atoms with Crippen LogP contribution >= 0.6 is 15.9 Å². The minimum Gasteiger partial charge on any atom is -0.370 e. The molecule has 104 valence electrons. The van der Waals surface area contributed by atoms with Gasteiger partial charge in [-0.2, -0.15) is 0 Å². The van der Waals surface area contributed by atoms with Gasteiger partial charge >= 0.3 is 0 Å². The number of hydrogen-bond donors (Lipinski definition) is 2. The summed E-state index contributed by atoms with van der Waals surface area (Å²) in [7, 11) is 0. The molecule has 2 N–H and O–H groups in total. The van der Waals surface area contributed by atoms with E-state index in [9.17, 15) is 9.18 Å². The van der Waals surface area contributed by atoms with E-state index in [1.165, 1.54) is 0 Å². The van der Waals surface area contributed by atoms with Crippen LogP contribution in [-0.4, -0.2) is 22.4 Å². The first-order valence-corrected chi connectivity index (χ1v) is 6.72.